The van der Waals surface area contributed by atoms with Gasteiger partial charge < -0.3 is 14.8 Å². The van der Waals surface area contributed by atoms with Gasteiger partial charge in [0.05, 0.1) is 12.5 Å². The molecule has 0 bridgehead atoms. The van der Waals surface area contributed by atoms with Gasteiger partial charge in [0, 0.05) is 10.0 Å². The Morgan fingerprint density at radius 1 is 1.17 bits per heavy atom. The van der Waals surface area contributed by atoms with Gasteiger partial charge in [-0.3, -0.25) is 4.79 Å². The van der Waals surface area contributed by atoms with Gasteiger partial charge in [0.25, 0.3) is 0 Å². The molecule has 1 aliphatic heterocycles. The molecule has 6 heteroatoms. The predicted molar refractivity (Wildman–Crippen MR) is 89.3 cm³/mol. The molecule has 2 aromatic carbocycles. The van der Waals surface area contributed by atoms with Crippen LogP contribution in [-0.4, -0.2) is 12.7 Å². The van der Waals surface area contributed by atoms with Crippen LogP contribution in [0, 0.1) is 0 Å². The zero-order valence-corrected chi connectivity index (χ0v) is 13.9. The van der Waals surface area contributed by atoms with Crippen molar-refractivity contribution < 1.29 is 14.3 Å². The summed E-state index contributed by atoms with van der Waals surface area (Å²) in [5.41, 5.74) is 1.57. The zero-order valence-electron chi connectivity index (χ0n) is 12.4. The summed E-state index contributed by atoms with van der Waals surface area (Å²) in [5.74, 6) is 1.26. The van der Waals surface area contributed by atoms with Crippen LogP contribution in [0.25, 0.3) is 0 Å². The van der Waals surface area contributed by atoms with E-state index in [-0.39, 0.29) is 25.2 Å². The maximum Gasteiger partial charge on any atom is 0.231 e. The fourth-order valence-electron chi connectivity index (χ4n) is 2.42. The Morgan fingerprint density at radius 2 is 1.87 bits per heavy atom. The summed E-state index contributed by atoms with van der Waals surface area (Å²) in [6.07, 6.45) is 0.132. The molecule has 0 saturated carbocycles. The number of halogens is 2. The van der Waals surface area contributed by atoms with Gasteiger partial charge in [0.1, 0.15) is 0 Å². The second-order valence-electron chi connectivity index (χ2n) is 5.28. The smallest absolute Gasteiger partial charge is 0.231 e. The van der Waals surface area contributed by atoms with Gasteiger partial charge in [-0.05, 0) is 42.3 Å². The molecule has 23 heavy (non-hydrogen) atoms. The molecule has 0 radical (unpaired) electrons. The Labute approximate surface area is 144 Å². The largest absolute Gasteiger partial charge is 0.454 e. The average molecular weight is 352 g/mol. The SMILES string of the molecule is CC(NC(=O)Cc1c(Cl)cccc1Cl)c1ccc2c(c1)OCO2. The minimum absolute atomic E-state index is 0.132. The van der Waals surface area contributed by atoms with E-state index in [4.69, 9.17) is 32.7 Å². The third-order valence-electron chi connectivity index (χ3n) is 3.67. The van der Waals surface area contributed by atoms with Crippen LogP contribution in [0.15, 0.2) is 36.4 Å². The highest BCUT2D eigenvalue weighted by molar-refractivity contribution is 6.36. The van der Waals surface area contributed by atoms with E-state index >= 15 is 0 Å². The number of nitrogens with one attached hydrogen (secondary N) is 1. The Kier molecular flexibility index (Phi) is 4.64. The van der Waals surface area contributed by atoms with Crippen molar-refractivity contribution >= 4 is 29.1 Å². The number of benzene rings is 2. The van der Waals surface area contributed by atoms with Crippen molar-refractivity contribution in [1.29, 1.82) is 0 Å². The molecule has 1 N–H and O–H groups in total. The van der Waals surface area contributed by atoms with Crippen molar-refractivity contribution in [2.75, 3.05) is 6.79 Å². The maximum atomic E-state index is 12.3. The highest BCUT2D eigenvalue weighted by Gasteiger charge is 2.18. The van der Waals surface area contributed by atoms with Crippen LogP contribution in [0.2, 0.25) is 10.0 Å². The molecule has 1 aliphatic rings. The highest BCUT2D eigenvalue weighted by atomic mass is 35.5. The van der Waals surface area contributed by atoms with Gasteiger partial charge in [-0.25, -0.2) is 0 Å². The fourth-order valence-corrected chi connectivity index (χ4v) is 2.95. The lowest BCUT2D eigenvalue weighted by Gasteiger charge is -2.15. The molecule has 0 fully saturated rings. The van der Waals surface area contributed by atoms with Crippen LogP contribution in [0.3, 0.4) is 0 Å². The normalized spacial score (nSPS) is 13.7. The minimum atomic E-state index is -0.168. The van der Waals surface area contributed by atoms with E-state index in [0.717, 1.165) is 11.3 Å². The number of hydrogen-bond donors (Lipinski definition) is 1. The number of hydrogen-bond acceptors (Lipinski definition) is 3. The molecule has 0 aromatic heterocycles. The van der Waals surface area contributed by atoms with Crippen molar-refractivity contribution in [3.8, 4) is 11.5 Å². The maximum absolute atomic E-state index is 12.3. The molecule has 1 heterocycles. The molecule has 120 valence electrons. The van der Waals surface area contributed by atoms with Crippen LogP contribution in [0.4, 0.5) is 0 Å². The number of ether oxygens (including phenoxy) is 2. The van der Waals surface area contributed by atoms with Crippen LogP contribution in [0.1, 0.15) is 24.1 Å². The standard InChI is InChI=1S/C17H15Cl2NO3/c1-10(11-5-6-15-16(7-11)23-9-22-15)20-17(21)8-12-13(18)3-2-4-14(12)19/h2-7,10H,8-9H2,1H3,(H,20,21). The molecule has 2 aromatic rings. The zero-order chi connectivity index (χ0) is 16.4. The summed E-state index contributed by atoms with van der Waals surface area (Å²) in [5, 5.41) is 3.92. The lowest BCUT2D eigenvalue weighted by Crippen LogP contribution is -2.28. The summed E-state index contributed by atoms with van der Waals surface area (Å²) >= 11 is 12.2. The summed E-state index contributed by atoms with van der Waals surface area (Å²) in [6.45, 7) is 2.13. The Morgan fingerprint density at radius 3 is 2.61 bits per heavy atom. The molecular weight excluding hydrogens is 337 g/mol. The Bertz CT molecular complexity index is 728. The number of rotatable bonds is 4. The van der Waals surface area contributed by atoms with Crippen molar-refractivity contribution in [3.63, 3.8) is 0 Å². The molecule has 1 unspecified atom stereocenters. The first-order chi connectivity index (χ1) is 11.0. The number of carbonyl (C=O) groups excluding carboxylic acids is 1. The number of carbonyl (C=O) groups is 1. The topological polar surface area (TPSA) is 47.6 Å². The van der Waals surface area contributed by atoms with E-state index in [1.165, 1.54) is 0 Å². The summed E-state index contributed by atoms with van der Waals surface area (Å²) in [4.78, 5) is 12.3. The van der Waals surface area contributed by atoms with Crippen molar-refractivity contribution in [2.45, 2.75) is 19.4 Å². The third kappa shape index (κ3) is 3.54. The summed E-state index contributed by atoms with van der Waals surface area (Å²) in [6, 6.07) is 10.6. The average Bonchev–Trinajstić information content (AvgIpc) is 2.98. The van der Waals surface area contributed by atoms with E-state index in [1.54, 1.807) is 18.2 Å². The van der Waals surface area contributed by atoms with Crippen LogP contribution >= 0.6 is 23.2 Å². The van der Waals surface area contributed by atoms with Crippen LogP contribution in [-0.2, 0) is 11.2 Å². The second-order valence-corrected chi connectivity index (χ2v) is 6.09. The highest BCUT2D eigenvalue weighted by Crippen LogP contribution is 2.34. The molecule has 0 saturated heterocycles. The lowest BCUT2D eigenvalue weighted by molar-refractivity contribution is -0.121. The number of amides is 1. The molecule has 1 amide bonds. The van der Waals surface area contributed by atoms with Gasteiger partial charge in [-0.1, -0.05) is 35.3 Å². The number of fused-ring (bicyclic) bond motifs is 1. The van der Waals surface area contributed by atoms with Crippen molar-refractivity contribution in [3.05, 3.63) is 57.6 Å². The van der Waals surface area contributed by atoms with Crippen molar-refractivity contribution in [2.24, 2.45) is 0 Å². The van der Waals surface area contributed by atoms with E-state index < -0.39 is 0 Å². The first-order valence-corrected chi connectivity index (χ1v) is 7.92. The molecular formula is C17H15Cl2NO3. The van der Waals surface area contributed by atoms with Gasteiger partial charge >= 0.3 is 0 Å². The second kappa shape index (κ2) is 6.69. The fraction of sp³-hybridized carbons (Fsp3) is 0.235. The molecule has 4 nitrogen and oxygen atoms in total. The van der Waals surface area contributed by atoms with Crippen LogP contribution < -0.4 is 14.8 Å². The Hall–Kier alpha value is -1.91. The lowest BCUT2D eigenvalue weighted by atomic mass is 10.1. The summed E-state index contributed by atoms with van der Waals surface area (Å²) in [7, 11) is 0. The minimum Gasteiger partial charge on any atom is -0.454 e. The quantitative estimate of drug-likeness (QED) is 0.900. The van der Waals surface area contributed by atoms with E-state index in [0.29, 0.717) is 21.4 Å². The first kappa shape index (κ1) is 16.0. The van der Waals surface area contributed by atoms with E-state index in [2.05, 4.69) is 5.32 Å². The van der Waals surface area contributed by atoms with Gasteiger partial charge in [0.2, 0.25) is 12.7 Å². The van der Waals surface area contributed by atoms with Crippen LogP contribution in [0.5, 0.6) is 11.5 Å². The van der Waals surface area contributed by atoms with Crippen molar-refractivity contribution in [1.82, 2.24) is 5.32 Å². The monoisotopic (exact) mass is 351 g/mol. The van der Waals surface area contributed by atoms with Gasteiger partial charge in [-0.15, -0.1) is 0 Å². The summed E-state index contributed by atoms with van der Waals surface area (Å²) < 4.78 is 10.6. The molecule has 1 atom stereocenters. The van der Waals surface area contributed by atoms with Gasteiger partial charge in [0.15, 0.2) is 11.5 Å². The van der Waals surface area contributed by atoms with E-state index in [9.17, 15) is 4.79 Å². The Balaban J connectivity index is 1.68. The first-order valence-electron chi connectivity index (χ1n) is 7.16. The van der Waals surface area contributed by atoms with E-state index in [1.807, 2.05) is 25.1 Å². The molecule has 3 rings (SSSR count). The molecule has 0 aliphatic carbocycles. The van der Waals surface area contributed by atoms with Gasteiger partial charge in [-0.2, -0.15) is 0 Å². The molecule has 0 spiro atoms. The predicted octanol–water partition coefficient (Wildman–Crippen LogP) is 4.14. The third-order valence-corrected chi connectivity index (χ3v) is 4.38.